The largest absolute Gasteiger partial charge is 0.481 e. The SMILES string of the molecule is CC(C)c1ccc(CO)c(OC2OC(COC(=O)CC(=O)O)C(O)C(O)C2O)c1. The number of hydrogen-bond acceptors (Lipinski definition) is 9. The van der Waals surface area contributed by atoms with Crippen LogP contribution >= 0.6 is 0 Å². The van der Waals surface area contributed by atoms with E-state index in [4.69, 9.17) is 19.3 Å². The average Bonchev–Trinajstić information content (AvgIpc) is 2.66. The van der Waals surface area contributed by atoms with Gasteiger partial charge in [-0.2, -0.15) is 0 Å². The number of carbonyl (C=O) groups excluding carboxylic acids is 1. The minimum atomic E-state index is -1.66. The van der Waals surface area contributed by atoms with Crippen molar-refractivity contribution in [2.45, 2.75) is 63.5 Å². The molecule has 1 heterocycles. The molecular weight excluding hydrogens is 388 g/mol. The van der Waals surface area contributed by atoms with Crippen LogP contribution in [0.3, 0.4) is 0 Å². The molecule has 1 saturated heterocycles. The Morgan fingerprint density at radius 1 is 1.14 bits per heavy atom. The monoisotopic (exact) mass is 414 g/mol. The predicted octanol–water partition coefficient (Wildman–Crippen LogP) is -0.493. The number of hydrogen-bond donors (Lipinski definition) is 5. The number of carbonyl (C=O) groups is 2. The van der Waals surface area contributed by atoms with Gasteiger partial charge in [0.2, 0.25) is 6.29 Å². The summed E-state index contributed by atoms with van der Waals surface area (Å²) in [6.07, 6.45) is -8.43. The topological polar surface area (TPSA) is 163 Å². The molecule has 10 heteroatoms. The smallest absolute Gasteiger partial charge is 0.317 e. The van der Waals surface area contributed by atoms with Crippen molar-refractivity contribution < 1.29 is 49.3 Å². The lowest BCUT2D eigenvalue weighted by molar-refractivity contribution is -0.278. The Morgan fingerprint density at radius 2 is 1.83 bits per heavy atom. The molecular formula is C19H26O10. The lowest BCUT2D eigenvalue weighted by Crippen LogP contribution is -2.60. The Hall–Kier alpha value is -2.24. The lowest BCUT2D eigenvalue weighted by Gasteiger charge is -2.40. The first-order valence-electron chi connectivity index (χ1n) is 9.11. The molecule has 0 radical (unpaired) electrons. The number of rotatable bonds is 8. The van der Waals surface area contributed by atoms with E-state index < -0.39 is 55.7 Å². The summed E-state index contributed by atoms with van der Waals surface area (Å²) >= 11 is 0. The first kappa shape index (κ1) is 23.0. The van der Waals surface area contributed by atoms with Crippen molar-refractivity contribution >= 4 is 11.9 Å². The quantitative estimate of drug-likeness (QED) is 0.277. The minimum Gasteiger partial charge on any atom is -0.481 e. The number of aliphatic carboxylic acids is 1. The van der Waals surface area contributed by atoms with Gasteiger partial charge in [0.1, 0.15) is 43.2 Å². The fourth-order valence-corrected chi connectivity index (χ4v) is 2.80. The van der Waals surface area contributed by atoms with Crippen molar-refractivity contribution in [3.05, 3.63) is 29.3 Å². The lowest BCUT2D eigenvalue weighted by atomic mass is 9.99. The van der Waals surface area contributed by atoms with Crippen LogP contribution in [0.2, 0.25) is 0 Å². The van der Waals surface area contributed by atoms with E-state index in [0.29, 0.717) is 5.56 Å². The number of benzene rings is 1. The van der Waals surface area contributed by atoms with Crippen LogP contribution in [0.5, 0.6) is 5.75 Å². The minimum absolute atomic E-state index is 0.163. The summed E-state index contributed by atoms with van der Waals surface area (Å²) in [6, 6.07) is 5.16. The second-order valence-corrected chi connectivity index (χ2v) is 7.07. The summed E-state index contributed by atoms with van der Waals surface area (Å²) in [4.78, 5) is 21.9. The van der Waals surface area contributed by atoms with Crippen LogP contribution in [-0.4, -0.2) is 74.8 Å². The van der Waals surface area contributed by atoms with Gasteiger partial charge in [-0.05, 0) is 17.5 Å². The summed E-state index contributed by atoms with van der Waals surface area (Å²) in [5.74, 6) is -2.03. The molecule has 2 rings (SSSR count). The highest BCUT2D eigenvalue weighted by molar-refractivity contribution is 5.90. The molecule has 1 aliphatic rings. The molecule has 0 amide bonds. The van der Waals surface area contributed by atoms with Crippen LogP contribution < -0.4 is 4.74 Å². The molecule has 0 aliphatic carbocycles. The molecule has 1 fully saturated rings. The highest BCUT2D eigenvalue weighted by Crippen LogP contribution is 2.29. The van der Waals surface area contributed by atoms with E-state index in [-0.39, 0.29) is 18.3 Å². The summed E-state index contributed by atoms with van der Waals surface area (Å²) in [6.45, 7) is 3.05. The molecule has 162 valence electrons. The zero-order valence-corrected chi connectivity index (χ0v) is 16.1. The maximum absolute atomic E-state index is 11.4. The second-order valence-electron chi connectivity index (χ2n) is 7.07. The Labute approximate surface area is 167 Å². The van der Waals surface area contributed by atoms with Crippen molar-refractivity contribution in [2.24, 2.45) is 0 Å². The average molecular weight is 414 g/mol. The van der Waals surface area contributed by atoms with Gasteiger partial charge in [0.15, 0.2) is 0 Å². The van der Waals surface area contributed by atoms with E-state index >= 15 is 0 Å². The summed E-state index contributed by atoms with van der Waals surface area (Å²) in [7, 11) is 0. The van der Waals surface area contributed by atoms with E-state index in [1.807, 2.05) is 19.9 Å². The third kappa shape index (κ3) is 5.87. The summed E-state index contributed by atoms with van der Waals surface area (Å²) in [5, 5.41) is 48.5. The fourth-order valence-electron chi connectivity index (χ4n) is 2.80. The van der Waals surface area contributed by atoms with E-state index in [1.165, 1.54) is 0 Å². The van der Waals surface area contributed by atoms with Crippen LogP contribution in [0.1, 0.15) is 37.3 Å². The van der Waals surface area contributed by atoms with Gasteiger partial charge in [0, 0.05) is 5.56 Å². The third-order valence-electron chi connectivity index (χ3n) is 4.54. The normalized spacial score (nSPS) is 26.9. The number of carboxylic acid groups (broad SMARTS) is 1. The molecule has 5 atom stereocenters. The van der Waals surface area contributed by atoms with Gasteiger partial charge in [-0.15, -0.1) is 0 Å². The Balaban J connectivity index is 2.14. The van der Waals surface area contributed by atoms with E-state index in [9.17, 15) is 30.0 Å². The van der Waals surface area contributed by atoms with Gasteiger partial charge in [0.25, 0.3) is 0 Å². The molecule has 5 unspecified atom stereocenters. The maximum Gasteiger partial charge on any atom is 0.317 e. The molecule has 0 bridgehead atoms. The van der Waals surface area contributed by atoms with Crippen molar-refractivity contribution in [3.8, 4) is 5.75 Å². The van der Waals surface area contributed by atoms with Gasteiger partial charge in [-0.1, -0.05) is 26.0 Å². The predicted molar refractivity (Wildman–Crippen MR) is 97.0 cm³/mol. The van der Waals surface area contributed by atoms with Crippen LogP contribution in [0.25, 0.3) is 0 Å². The molecule has 0 aromatic heterocycles. The van der Waals surface area contributed by atoms with E-state index in [2.05, 4.69) is 0 Å². The number of ether oxygens (including phenoxy) is 3. The number of esters is 1. The van der Waals surface area contributed by atoms with Crippen LogP contribution in [0, 0.1) is 0 Å². The number of aliphatic hydroxyl groups is 4. The fraction of sp³-hybridized carbons (Fsp3) is 0.579. The van der Waals surface area contributed by atoms with Crippen molar-refractivity contribution in [1.29, 1.82) is 0 Å². The maximum atomic E-state index is 11.4. The Kier molecular flexibility index (Phi) is 7.94. The molecule has 1 aromatic carbocycles. The Morgan fingerprint density at radius 3 is 2.41 bits per heavy atom. The molecule has 10 nitrogen and oxygen atoms in total. The van der Waals surface area contributed by atoms with Gasteiger partial charge in [-0.25, -0.2) is 0 Å². The first-order chi connectivity index (χ1) is 13.6. The van der Waals surface area contributed by atoms with Crippen LogP contribution in [0.15, 0.2) is 18.2 Å². The summed E-state index contributed by atoms with van der Waals surface area (Å²) < 4.78 is 15.9. The number of carboxylic acids is 1. The van der Waals surface area contributed by atoms with Gasteiger partial charge >= 0.3 is 11.9 Å². The van der Waals surface area contributed by atoms with Gasteiger partial charge in [0.05, 0.1) is 6.61 Å². The van der Waals surface area contributed by atoms with Crippen LogP contribution in [0.4, 0.5) is 0 Å². The van der Waals surface area contributed by atoms with Crippen molar-refractivity contribution in [3.63, 3.8) is 0 Å². The van der Waals surface area contributed by atoms with Crippen molar-refractivity contribution in [1.82, 2.24) is 0 Å². The molecule has 1 aromatic rings. The van der Waals surface area contributed by atoms with E-state index in [1.54, 1.807) is 12.1 Å². The van der Waals surface area contributed by atoms with Crippen LogP contribution in [-0.2, 0) is 25.7 Å². The highest BCUT2D eigenvalue weighted by Gasteiger charge is 2.45. The number of aliphatic hydroxyl groups excluding tert-OH is 4. The summed E-state index contributed by atoms with van der Waals surface area (Å²) in [5.41, 5.74) is 1.33. The standard InChI is InChI=1S/C19H26O10/c1-9(2)10-3-4-11(7-20)12(5-10)28-19-18(26)17(25)16(24)13(29-19)8-27-15(23)6-14(21)22/h3-5,9,13,16-20,24-26H,6-8H2,1-2H3,(H,21,22). The molecule has 29 heavy (non-hydrogen) atoms. The molecule has 1 aliphatic heterocycles. The zero-order valence-electron chi connectivity index (χ0n) is 16.1. The van der Waals surface area contributed by atoms with E-state index in [0.717, 1.165) is 5.56 Å². The van der Waals surface area contributed by atoms with Crippen molar-refractivity contribution in [2.75, 3.05) is 6.61 Å². The van der Waals surface area contributed by atoms with Gasteiger partial charge in [-0.3, -0.25) is 9.59 Å². The second kappa shape index (κ2) is 9.99. The zero-order chi connectivity index (χ0) is 21.7. The third-order valence-corrected chi connectivity index (χ3v) is 4.54. The van der Waals surface area contributed by atoms with Gasteiger partial charge < -0.3 is 39.7 Å². The molecule has 0 spiro atoms. The molecule has 5 N–H and O–H groups in total. The Bertz CT molecular complexity index is 719. The highest BCUT2D eigenvalue weighted by atomic mass is 16.7. The first-order valence-corrected chi connectivity index (χ1v) is 9.11. The molecule has 0 saturated carbocycles.